The average Bonchev–Trinajstić information content (AvgIpc) is 2.18. The van der Waals surface area contributed by atoms with Crippen molar-refractivity contribution in [2.45, 2.75) is 20.3 Å². The number of nitrogens with zero attached hydrogens (tertiary/aromatic N) is 1. The highest BCUT2D eigenvalue weighted by atomic mass is 16.1. The minimum atomic E-state index is 0.274. The number of hydrogen-bond acceptors (Lipinski definition) is 2. The lowest BCUT2D eigenvalue weighted by molar-refractivity contribution is -0.123. The first-order valence-corrected chi connectivity index (χ1v) is 5.55. The number of ketones is 1. The van der Waals surface area contributed by atoms with E-state index >= 15 is 0 Å². The molecule has 1 fully saturated rings. The molecule has 1 aromatic rings. The molecule has 0 bridgehead atoms. The number of rotatable bonds is 3. The summed E-state index contributed by atoms with van der Waals surface area (Å²) in [6.45, 7) is 5.83. The number of hydrogen-bond donors (Lipinski definition) is 0. The normalized spacial score (nSPS) is 16.3. The summed E-state index contributed by atoms with van der Waals surface area (Å²) in [5, 5.41) is 0. The molecule has 0 radical (unpaired) electrons. The molecule has 1 aromatic carbocycles. The Balaban J connectivity index is 1.94. The second-order valence-electron chi connectivity index (χ2n) is 4.26. The molecule has 0 atom stereocenters. The van der Waals surface area contributed by atoms with Gasteiger partial charge in [-0.05, 0) is 19.1 Å². The van der Waals surface area contributed by atoms with Crippen LogP contribution in [0.2, 0.25) is 0 Å². The zero-order valence-corrected chi connectivity index (χ0v) is 9.36. The molecule has 80 valence electrons. The molecule has 0 saturated carbocycles. The van der Waals surface area contributed by atoms with E-state index < -0.39 is 0 Å². The van der Waals surface area contributed by atoms with E-state index in [2.05, 4.69) is 36.1 Å². The van der Waals surface area contributed by atoms with Crippen molar-refractivity contribution >= 4 is 11.5 Å². The predicted octanol–water partition coefficient (Wildman–Crippen LogP) is 2.41. The highest BCUT2D eigenvalue weighted by Gasteiger charge is 2.31. The minimum absolute atomic E-state index is 0.274. The lowest BCUT2D eigenvalue weighted by Crippen LogP contribution is -2.50. The molecule has 0 spiro atoms. The number of Topliss-reactive ketones (excluding diaryl/α,β-unsaturated/α-hetero) is 1. The molecule has 0 aromatic heterocycles. The molecular weight excluding hydrogens is 186 g/mol. The topological polar surface area (TPSA) is 20.3 Å². The van der Waals surface area contributed by atoms with Gasteiger partial charge in [-0.1, -0.05) is 24.6 Å². The smallest absolute Gasteiger partial charge is 0.139 e. The molecule has 0 N–H and O–H groups in total. The van der Waals surface area contributed by atoms with Crippen LogP contribution in [-0.2, 0) is 4.79 Å². The van der Waals surface area contributed by atoms with Gasteiger partial charge in [-0.25, -0.2) is 0 Å². The monoisotopic (exact) mass is 203 g/mol. The molecule has 1 aliphatic rings. The van der Waals surface area contributed by atoms with Crippen LogP contribution in [0, 0.1) is 12.8 Å². The van der Waals surface area contributed by atoms with Gasteiger partial charge in [-0.15, -0.1) is 0 Å². The van der Waals surface area contributed by atoms with Crippen molar-refractivity contribution in [3.05, 3.63) is 29.8 Å². The van der Waals surface area contributed by atoms with Crippen LogP contribution in [0.4, 0.5) is 5.69 Å². The van der Waals surface area contributed by atoms with Crippen molar-refractivity contribution in [3.63, 3.8) is 0 Å². The maximum Gasteiger partial charge on any atom is 0.139 e. The van der Waals surface area contributed by atoms with E-state index in [0.717, 1.165) is 13.1 Å². The molecule has 1 heterocycles. The van der Waals surface area contributed by atoms with Gasteiger partial charge < -0.3 is 4.90 Å². The largest absolute Gasteiger partial charge is 0.370 e. The molecule has 1 saturated heterocycles. The van der Waals surface area contributed by atoms with Crippen molar-refractivity contribution in [2.24, 2.45) is 5.92 Å². The molecule has 0 aliphatic carbocycles. The highest BCUT2D eigenvalue weighted by molar-refractivity contribution is 5.83. The van der Waals surface area contributed by atoms with E-state index in [-0.39, 0.29) is 5.92 Å². The van der Waals surface area contributed by atoms with Crippen LogP contribution in [0.5, 0.6) is 0 Å². The number of aryl methyl sites for hydroxylation is 1. The van der Waals surface area contributed by atoms with Crippen LogP contribution in [0.1, 0.15) is 18.9 Å². The first-order chi connectivity index (χ1) is 7.20. The van der Waals surface area contributed by atoms with Gasteiger partial charge in [0.15, 0.2) is 0 Å². The SMILES string of the molecule is CCC(=O)C1CN(c2ccc(C)cc2)C1. The van der Waals surface area contributed by atoms with E-state index in [0.29, 0.717) is 12.2 Å². The van der Waals surface area contributed by atoms with Crippen molar-refractivity contribution in [3.8, 4) is 0 Å². The molecule has 2 rings (SSSR count). The van der Waals surface area contributed by atoms with Crippen molar-refractivity contribution in [1.29, 1.82) is 0 Å². The Hall–Kier alpha value is -1.31. The van der Waals surface area contributed by atoms with Gasteiger partial charge in [-0.2, -0.15) is 0 Å². The molecule has 1 aliphatic heterocycles. The van der Waals surface area contributed by atoms with Crippen LogP contribution in [0.15, 0.2) is 24.3 Å². The van der Waals surface area contributed by atoms with Crippen molar-refractivity contribution in [2.75, 3.05) is 18.0 Å². The Labute approximate surface area is 90.9 Å². The Morgan fingerprint density at radius 1 is 1.33 bits per heavy atom. The summed E-state index contributed by atoms with van der Waals surface area (Å²) in [4.78, 5) is 13.7. The number of carbonyl (C=O) groups excluding carboxylic acids is 1. The minimum Gasteiger partial charge on any atom is -0.370 e. The molecule has 0 amide bonds. The van der Waals surface area contributed by atoms with Crippen molar-refractivity contribution in [1.82, 2.24) is 0 Å². The summed E-state index contributed by atoms with van der Waals surface area (Å²) >= 11 is 0. The summed E-state index contributed by atoms with van der Waals surface area (Å²) in [5.41, 5.74) is 2.52. The Kier molecular flexibility index (Phi) is 2.76. The first-order valence-electron chi connectivity index (χ1n) is 5.55. The second kappa shape index (κ2) is 4.05. The van der Waals surface area contributed by atoms with Crippen LogP contribution in [-0.4, -0.2) is 18.9 Å². The van der Waals surface area contributed by atoms with E-state index in [4.69, 9.17) is 0 Å². The van der Waals surface area contributed by atoms with E-state index in [1.165, 1.54) is 11.3 Å². The summed E-state index contributed by atoms with van der Waals surface area (Å²) in [7, 11) is 0. The summed E-state index contributed by atoms with van der Waals surface area (Å²) in [6, 6.07) is 8.48. The van der Waals surface area contributed by atoms with Crippen LogP contribution in [0.3, 0.4) is 0 Å². The fraction of sp³-hybridized carbons (Fsp3) is 0.462. The summed E-state index contributed by atoms with van der Waals surface area (Å²) < 4.78 is 0. The molecule has 2 heteroatoms. The molecule has 0 unspecified atom stereocenters. The predicted molar refractivity (Wildman–Crippen MR) is 62.2 cm³/mol. The van der Waals surface area contributed by atoms with Gasteiger partial charge >= 0.3 is 0 Å². The highest BCUT2D eigenvalue weighted by Crippen LogP contribution is 2.25. The fourth-order valence-electron chi connectivity index (χ4n) is 1.94. The maximum absolute atomic E-state index is 11.4. The van der Waals surface area contributed by atoms with E-state index in [1.807, 2.05) is 6.92 Å². The molecular formula is C13H17NO. The quantitative estimate of drug-likeness (QED) is 0.752. The van der Waals surface area contributed by atoms with Crippen LogP contribution in [0.25, 0.3) is 0 Å². The van der Waals surface area contributed by atoms with Gasteiger partial charge in [0, 0.05) is 25.2 Å². The Bertz CT molecular complexity index is 349. The number of anilines is 1. The third kappa shape index (κ3) is 2.04. The molecule has 15 heavy (non-hydrogen) atoms. The maximum atomic E-state index is 11.4. The standard InChI is InChI=1S/C13H17NO/c1-3-13(15)11-8-14(9-11)12-6-4-10(2)5-7-12/h4-7,11H,3,8-9H2,1-2H3. The Morgan fingerprint density at radius 3 is 2.47 bits per heavy atom. The summed E-state index contributed by atoms with van der Waals surface area (Å²) in [5.74, 6) is 0.676. The summed E-state index contributed by atoms with van der Waals surface area (Å²) in [6.07, 6.45) is 0.673. The third-order valence-electron chi connectivity index (χ3n) is 3.08. The first kappa shape index (κ1) is 10.2. The van der Waals surface area contributed by atoms with Crippen LogP contribution < -0.4 is 4.90 Å². The number of benzene rings is 1. The lowest BCUT2D eigenvalue weighted by Gasteiger charge is -2.40. The van der Waals surface area contributed by atoms with Gasteiger partial charge in [0.05, 0.1) is 5.92 Å². The fourth-order valence-corrected chi connectivity index (χ4v) is 1.94. The van der Waals surface area contributed by atoms with Crippen molar-refractivity contribution < 1.29 is 4.79 Å². The molecule has 2 nitrogen and oxygen atoms in total. The van der Waals surface area contributed by atoms with Gasteiger partial charge in [0.1, 0.15) is 5.78 Å². The Morgan fingerprint density at radius 2 is 1.93 bits per heavy atom. The van der Waals surface area contributed by atoms with E-state index in [1.54, 1.807) is 0 Å². The lowest BCUT2D eigenvalue weighted by atomic mass is 9.93. The zero-order valence-electron chi connectivity index (χ0n) is 9.36. The average molecular weight is 203 g/mol. The van der Waals surface area contributed by atoms with Gasteiger partial charge in [0.2, 0.25) is 0 Å². The zero-order chi connectivity index (χ0) is 10.8. The van der Waals surface area contributed by atoms with Gasteiger partial charge in [0.25, 0.3) is 0 Å². The van der Waals surface area contributed by atoms with Gasteiger partial charge in [-0.3, -0.25) is 4.79 Å². The second-order valence-corrected chi connectivity index (χ2v) is 4.26. The number of carbonyl (C=O) groups is 1. The third-order valence-corrected chi connectivity index (χ3v) is 3.08. The van der Waals surface area contributed by atoms with E-state index in [9.17, 15) is 4.79 Å². The van der Waals surface area contributed by atoms with Crippen LogP contribution >= 0.6 is 0 Å².